The van der Waals surface area contributed by atoms with Gasteiger partial charge in [-0.05, 0) is 54.8 Å². The van der Waals surface area contributed by atoms with Gasteiger partial charge in [-0.15, -0.1) is 0 Å². The van der Waals surface area contributed by atoms with Crippen LogP contribution in [0.2, 0.25) is 0 Å². The van der Waals surface area contributed by atoms with Crippen molar-refractivity contribution >= 4 is 27.6 Å². The topological polar surface area (TPSA) is 128 Å². The Morgan fingerprint density at radius 3 is 2.32 bits per heavy atom. The number of esters is 1. The third kappa shape index (κ3) is 6.90. The van der Waals surface area contributed by atoms with Crippen LogP contribution in [-0.4, -0.2) is 49.8 Å². The van der Waals surface area contributed by atoms with E-state index in [-0.39, 0.29) is 31.1 Å². The van der Waals surface area contributed by atoms with E-state index in [4.69, 9.17) is 15.2 Å². The van der Waals surface area contributed by atoms with E-state index < -0.39 is 34.0 Å². The van der Waals surface area contributed by atoms with Crippen LogP contribution in [0.25, 0.3) is 0 Å². The average molecular weight is 538 g/mol. The van der Waals surface area contributed by atoms with E-state index in [2.05, 4.69) is 5.32 Å². The van der Waals surface area contributed by atoms with Gasteiger partial charge in [0.1, 0.15) is 24.4 Å². The summed E-state index contributed by atoms with van der Waals surface area (Å²) in [5, 5.41) is 2.72. The molecule has 10 heteroatoms. The van der Waals surface area contributed by atoms with Crippen molar-refractivity contribution in [2.45, 2.75) is 42.8 Å². The monoisotopic (exact) mass is 537 g/mol. The number of ether oxygens (including phenoxy) is 2. The van der Waals surface area contributed by atoms with Crippen molar-refractivity contribution < 1.29 is 27.5 Å². The van der Waals surface area contributed by atoms with Crippen LogP contribution in [0.5, 0.6) is 5.75 Å². The van der Waals surface area contributed by atoms with Gasteiger partial charge < -0.3 is 20.5 Å². The standard InChI is InChI=1S/C28H31N3O6S/c29-22-13-15-23(16-14-22)36-19-17-25(28(33)37-20-21-8-3-1-4-9-21)30-27(32)26-12-7-18-31(26)38(34,35)24-10-5-2-6-11-24/h1-6,8-11,13-16,25-26H,7,12,17-20,29H2,(H,30,32)/t25-,26+/m1/s1. The number of anilines is 1. The zero-order chi connectivity index (χ0) is 27.0. The number of hydrogen-bond donors (Lipinski definition) is 2. The minimum atomic E-state index is -3.87. The van der Waals surface area contributed by atoms with Crippen molar-refractivity contribution in [3.05, 3.63) is 90.5 Å². The summed E-state index contributed by atoms with van der Waals surface area (Å²) in [5.41, 5.74) is 7.11. The molecule has 0 aliphatic carbocycles. The van der Waals surface area contributed by atoms with Gasteiger partial charge in [-0.2, -0.15) is 4.31 Å². The summed E-state index contributed by atoms with van der Waals surface area (Å²) in [6.45, 7) is 0.382. The molecule has 1 aliphatic rings. The molecule has 1 aliphatic heterocycles. The Balaban J connectivity index is 1.44. The number of benzene rings is 3. The molecule has 0 aromatic heterocycles. The van der Waals surface area contributed by atoms with Crippen molar-refractivity contribution in [2.24, 2.45) is 0 Å². The molecule has 200 valence electrons. The van der Waals surface area contributed by atoms with Crippen LogP contribution in [0.1, 0.15) is 24.8 Å². The van der Waals surface area contributed by atoms with E-state index in [1.54, 1.807) is 42.5 Å². The predicted molar refractivity (Wildman–Crippen MR) is 142 cm³/mol. The minimum absolute atomic E-state index is 0.0444. The largest absolute Gasteiger partial charge is 0.493 e. The first-order valence-corrected chi connectivity index (χ1v) is 13.8. The molecule has 0 spiro atoms. The molecule has 1 amide bonds. The maximum atomic E-state index is 13.3. The molecule has 0 saturated carbocycles. The van der Waals surface area contributed by atoms with Crippen LogP contribution in [0, 0.1) is 0 Å². The number of nitrogens with one attached hydrogen (secondary N) is 1. The SMILES string of the molecule is Nc1ccc(OCC[C@@H](NC(=O)[C@@H]2CCCN2S(=O)(=O)c2ccccc2)C(=O)OCc2ccccc2)cc1. The third-order valence-electron chi connectivity index (χ3n) is 6.24. The van der Waals surface area contributed by atoms with E-state index in [1.807, 2.05) is 30.3 Å². The average Bonchev–Trinajstić information content (AvgIpc) is 3.45. The summed E-state index contributed by atoms with van der Waals surface area (Å²) in [4.78, 5) is 26.4. The molecule has 3 aromatic rings. The van der Waals surface area contributed by atoms with Gasteiger partial charge in [-0.3, -0.25) is 4.79 Å². The van der Waals surface area contributed by atoms with Gasteiger partial charge in [-0.25, -0.2) is 13.2 Å². The Hall–Kier alpha value is -3.89. The van der Waals surface area contributed by atoms with Crippen molar-refractivity contribution in [3.8, 4) is 5.75 Å². The molecule has 1 heterocycles. The Morgan fingerprint density at radius 1 is 0.974 bits per heavy atom. The van der Waals surface area contributed by atoms with Gasteiger partial charge in [0, 0.05) is 18.7 Å². The molecule has 9 nitrogen and oxygen atoms in total. The maximum absolute atomic E-state index is 13.3. The fourth-order valence-corrected chi connectivity index (χ4v) is 5.90. The quantitative estimate of drug-likeness (QED) is 0.284. The van der Waals surface area contributed by atoms with E-state index in [1.165, 1.54) is 16.4 Å². The first-order chi connectivity index (χ1) is 18.3. The summed E-state index contributed by atoms with van der Waals surface area (Å²) in [5.74, 6) is -0.604. The van der Waals surface area contributed by atoms with Crippen molar-refractivity contribution in [2.75, 3.05) is 18.9 Å². The number of nitrogens with zero attached hydrogens (tertiary/aromatic N) is 1. The molecule has 4 rings (SSSR count). The lowest BCUT2D eigenvalue weighted by molar-refractivity contribution is -0.149. The van der Waals surface area contributed by atoms with Gasteiger partial charge in [-0.1, -0.05) is 48.5 Å². The third-order valence-corrected chi connectivity index (χ3v) is 8.16. The molecule has 0 bridgehead atoms. The molecule has 1 fully saturated rings. The van der Waals surface area contributed by atoms with Gasteiger partial charge in [0.2, 0.25) is 15.9 Å². The summed E-state index contributed by atoms with van der Waals surface area (Å²) in [6, 6.07) is 22.1. The minimum Gasteiger partial charge on any atom is -0.493 e. The maximum Gasteiger partial charge on any atom is 0.329 e. The van der Waals surface area contributed by atoms with Gasteiger partial charge in [0.25, 0.3) is 0 Å². The lowest BCUT2D eigenvalue weighted by Crippen LogP contribution is -2.51. The van der Waals surface area contributed by atoms with E-state index in [9.17, 15) is 18.0 Å². The van der Waals surface area contributed by atoms with Crippen molar-refractivity contribution in [1.82, 2.24) is 9.62 Å². The van der Waals surface area contributed by atoms with E-state index in [0.29, 0.717) is 24.3 Å². The number of hydrogen-bond acceptors (Lipinski definition) is 7. The second kappa shape index (κ2) is 12.6. The van der Waals surface area contributed by atoms with Crippen molar-refractivity contribution in [3.63, 3.8) is 0 Å². The van der Waals surface area contributed by atoms with Crippen LogP contribution in [-0.2, 0) is 31.0 Å². The molecule has 0 unspecified atom stereocenters. The highest BCUT2D eigenvalue weighted by Crippen LogP contribution is 2.26. The van der Waals surface area contributed by atoms with Crippen LogP contribution < -0.4 is 15.8 Å². The Labute approximate surface area is 222 Å². The molecule has 0 radical (unpaired) electrons. The molecule has 38 heavy (non-hydrogen) atoms. The second-order valence-corrected chi connectivity index (χ2v) is 10.8. The highest BCUT2D eigenvalue weighted by Gasteiger charge is 2.40. The molecule has 2 atom stereocenters. The normalized spacial score (nSPS) is 16.5. The first-order valence-electron chi connectivity index (χ1n) is 12.4. The number of carbonyl (C=O) groups is 2. The summed E-state index contributed by atoms with van der Waals surface area (Å²) in [6.07, 6.45) is 1.01. The second-order valence-electron chi connectivity index (χ2n) is 8.95. The van der Waals surface area contributed by atoms with Crippen LogP contribution in [0.3, 0.4) is 0 Å². The lowest BCUT2D eigenvalue weighted by atomic mass is 10.1. The zero-order valence-electron chi connectivity index (χ0n) is 20.9. The van der Waals surface area contributed by atoms with Gasteiger partial charge >= 0.3 is 5.97 Å². The fourth-order valence-electron chi connectivity index (χ4n) is 4.22. The van der Waals surface area contributed by atoms with Crippen LogP contribution >= 0.6 is 0 Å². The molecular formula is C28H31N3O6S. The molecule has 1 saturated heterocycles. The van der Waals surface area contributed by atoms with Crippen LogP contribution in [0.15, 0.2) is 89.8 Å². The number of nitrogens with two attached hydrogens (primary N) is 1. The van der Waals surface area contributed by atoms with Crippen molar-refractivity contribution in [1.29, 1.82) is 0 Å². The number of nitrogen functional groups attached to an aromatic ring is 1. The molecule has 3 aromatic carbocycles. The number of carbonyl (C=O) groups excluding carboxylic acids is 2. The summed E-state index contributed by atoms with van der Waals surface area (Å²) in [7, 11) is -3.87. The van der Waals surface area contributed by atoms with E-state index in [0.717, 1.165) is 5.56 Å². The Bertz CT molecular complexity index is 1320. The number of rotatable bonds is 11. The lowest BCUT2D eigenvalue weighted by Gasteiger charge is -2.25. The number of sulfonamides is 1. The predicted octanol–water partition coefficient (Wildman–Crippen LogP) is 3.12. The Kier molecular flexibility index (Phi) is 8.98. The smallest absolute Gasteiger partial charge is 0.329 e. The van der Waals surface area contributed by atoms with Gasteiger partial charge in [0.05, 0.1) is 11.5 Å². The summed E-state index contributed by atoms with van der Waals surface area (Å²) < 4.78 is 38.8. The highest BCUT2D eigenvalue weighted by molar-refractivity contribution is 7.89. The molecular weight excluding hydrogens is 506 g/mol. The Morgan fingerprint density at radius 2 is 1.63 bits per heavy atom. The van der Waals surface area contributed by atoms with E-state index >= 15 is 0 Å². The van der Waals surface area contributed by atoms with Crippen LogP contribution in [0.4, 0.5) is 5.69 Å². The zero-order valence-corrected chi connectivity index (χ0v) is 21.7. The first kappa shape index (κ1) is 27.2. The highest BCUT2D eigenvalue weighted by atomic mass is 32.2. The number of amides is 1. The summed E-state index contributed by atoms with van der Waals surface area (Å²) >= 11 is 0. The fraction of sp³-hybridized carbons (Fsp3) is 0.286. The molecule has 3 N–H and O–H groups in total. The van der Waals surface area contributed by atoms with Gasteiger partial charge in [0.15, 0.2) is 0 Å².